The Morgan fingerprint density at radius 1 is 1.30 bits per heavy atom. The fraction of sp³-hybridized carbons (Fsp3) is 0.375. The maximum Gasteiger partial charge on any atom is 0.409 e. The van der Waals surface area contributed by atoms with Gasteiger partial charge < -0.3 is 14.2 Å². The second-order valence-corrected chi connectivity index (χ2v) is 6.55. The molecule has 0 atom stereocenters. The van der Waals surface area contributed by atoms with Crippen LogP contribution >= 0.6 is 22.6 Å². The van der Waals surface area contributed by atoms with Gasteiger partial charge >= 0.3 is 6.09 Å². The third-order valence-corrected chi connectivity index (χ3v) is 5.04. The van der Waals surface area contributed by atoms with Crippen molar-refractivity contribution in [3.63, 3.8) is 0 Å². The molecule has 122 valence electrons. The number of carbonyl (C=O) groups is 1. The summed E-state index contributed by atoms with van der Waals surface area (Å²) in [6.45, 7) is 1.39. The lowest BCUT2D eigenvalue weighted by atomic mass is 10.2. The van der Waals surface area contributed by atoms with Crippen molar-refractivity contribution in [1.82, 2.24) is 9.64 Å². The summed E-state index contributed by atoms with van der Waals surface area (Å²) in [6.07, 6.45) is 0.652. The number of ether oxygens (including phenoxy) is 1. The Morgan fingerprint density at radius 2 is 2.04 bits per heavy atom. The lowest BCUT2D eigenvalue weighted by molar-refractivity contribution is 0.124. The predicted octanol–water partition coefficient (Wildman–Crippen LogP) is 2.26. The van der Waals surface area contributed by atoms with Crippen LogP contribution < -0.4 is 5.56 Å². The van der Waals surface area contributed by atoms with E-state index in [1.54, 1.807) is 4.90 Å². The normalized spacial score (nSPS) is 14.3. The van der Waals surface area contributed by atoms with Gasteiger partial charge in [0.05, 0.1) is 19.2 Å². The quantitative estimate of drug-likeness (QED) is 0.689. The number of halogens is 1. The Bertz CT molecular complexity index is 781. The summed E-state index contributed by atoms with van der Waals surface area (Å²) >= 11 is 2.25. The van der Waals surface area contributed by atoms with E-state index in [4.69, 9.17) is 9.26 Å². The Kier molecular flexibility index (Phi) is 4.74. The number of hydrogen-bond acceptors (Lipinski definition) is 4. The van der Waals surface area contributed by atoms with Crippen LogP contribution in [-0.4, -0.2) is 35.9 Å². The van der Waals surface area contributed by atoms with Gasteiger partial charge in [-0.15, -0.1) is 0 Å². The van der Waals surface area contributed by atoms with Crippen molar-refractivity contribution in [1.29, 1.82) is 0 Å². The molecule has 1 amide bonds. The van der Waals surface area contributed by atoms with Gasteiger partial charge in [-0.1, -0.05) is 18.2 Å². The molecule has 0 aliphatic carbocycles. The molecule has 1 aromatic carbocycles. The number of nitrogens with zero attached hydrogens (tertiary/aromatic N) is 2. The molecule has 0 fully saturated rings. The third-order valence-electron chi connectivity index (χ3n) is 3.99. The summed E-state index contributed by atoms with van der Waals surface area (Å²) in [6, 6.07) is 7.90. The van der Waals surface area contributed by atoms with Crippen molar-refractivity contribution >= 4 is 28.7 Å². The molecule has 0 unspecified atom stereocenters. The van der Waals surface area contributed by atoms with Crippen molar-refractivity contribution in [2.75, 3.05) is 20.2 Å². The summed E-state index contributed by atoms with van der Waals surface area (Å²) in [5.41, 5.74) is 1.61. The summed E-state index contributed by atoms with van der Waals surface area (Å²) < 4.78 is 13.0. The molecule has 6 nitrogen and oxygen atoms in total. The Balaban J connectivity index is 1.83. The fourth-order valence-corrected chi connectivity index (χ4v) is 3.29. The highest BCUT2D eigenvalue weighted by molar-refractivity contribution is 14.1. The number of carbonyl (C=O) groups excluding carboxylic acids is 1. The highest BCUT2D eigenvalue weighted by atomic mass is 127. The van der Waals surface area contributed by atoms with Gasteiger partial charge in [-0.3, -0.25) is 4.79 Å². The van der Waals surface area contributed by atoms with E-state index in [2.05, 4.69) is 22.6 Å². The second-order valence-electron chi connectivity index (χ2n) is 5.38. The van der Waals surface area contributed by atoms with Gasteiger partial charge in [-0.25, -0.2) is 4.79 Å². The maximum atomic E-state index is 12.6. The van der Waals surface area contributed by atoms with Gasteiger partial charge in [0.2, 0.25) is 0 Å². The molecule has 0 spiro atoms. The van der Waals surface area contributed by atoms with E-state index < -0.39 is 0 Å². The maximum absolute atomic E-state index is 12.6. The Labute approximate surface area is 147 Å². The molecule has 0 saturated carbocycles. The van der Waals surface area contributed by atoms with Gasteiger partial charge in [0, 0.05) is 23.1 Å². The van der Waals surface area contributed by atoms with Crippen LogP contribution in [0.15, 0.2) is 33.6 Å². The highest BCUT2D eigenvalue weighted by Gasteiger charge is 2.25. The zero-order chi connectivity index (χ0) is 16.4. The molecule has 0 radical (unpaired) electrons. The molecule has 2 aromatic rings. The van der Waals surface area contributed by atoms with E-state index in [0.29, 0.717) is 43.8 Å². The smallest absolute Gasteiger partial charge is 0.409 e. The first-order valence-corrected chi connectivity index (χ1v) is 8.46. The first-order valence-electron chi connectivity index (χ1n) is 7.38. The second kappa shape index (κ2) is 6.77. The first-order chi connectivity index (χ1) is 11.1. The monoisotopic (exact) mass is 428 g/mol. The van der Waals surface area contributed by atoms with Crippen molar-refractivity contribution in [2.24, 2.45) is 0 Å². The summed E-state index contributed by atoms with van der Waals surface area (Å²) in [7, 11) is 1.36. The minimum Gasteiger partial charge on any atom is -0.453 e. The summed E-state index contributed by atoms with van der Waals surface area (Å²) in [5.74, 6) is 0.673. The van der Waals surface area contributed by atoms with E-state index in [9.17, 15) is 9.59 Å². The molecule has 0 saturated heterocycles. The van der Waals surface area contributed by atoms with Crippen LogP contribution in [0.1, 0.15) is 16.9 Å². The van der Waals surface area contributed by atoms with Crippen LogP contribution in [0.25, 0.3) is 0 Å². The van der Waals surface area contributed by atoms with Crippen LogP contribution in [0.2, 0.25) is 0 Å². The van der Waals surface area contributed by atoms with Crippen LogP contribution in [0.5, 0.6) is 0 Å². The number of fused-ring (bicyclic) bond motifs is 1. The van der Waals surface area contributed by atoms with Crippen LogP contribution in [-0.2, 0) is 24.1 Å². The average molecular weight is 428 g/mol. The van der Waals surface area contributed by atoms with E-state index in [0.717, 1.165) is 9.13 Å². The van der Waals surface area contributed by atoms with Crippen molar-refractivity contribution < 1.29 is 14.1 Å². The van der Waals surface area contributed by atoms with Gasteiger partial charge in [-0.2, -0.15) is 4.74 Å². The van der Waals surface area contributed by atoms with Crippen molar-refractivity contribution in [3.8, 4) is 0 Å². The molecule has 23 heavy (non-hydrogen) atoms. The molecule has 3 rings (SSSR count). The molecule has 1 aliphatic heterocycles. The number of hydrogen-bond donors (Lipinski definition) is 0. The zero-order valence-corrected chi connectivity index (χ0v) is 14.9. The topological polar surface area (TPSA) is 64.7 Å². The number of methoxy groups -OCH3 is 1. The van der Waals surface area contributed by atoms with Gasteiger partial charge in [-0.05, 0) is 40.6 Å². The summed E-state index contributed by atoms with van der Waals surface area (Å²) in [5, 5.41) is 0. The minimum atomic E-state index is -0.366. The Morgan fingerprint density at radius 3 is 2.78 bits per heavy atom. The standard InChI is InChI=1S/C16H17IN2O4/c1-22-16(21)18-8-6-12-14(7-9-18)23-19(15(12)20)10-11-4-2-3-5-13(11)17/h2-5H,6-10H2,1H3. The predicted molar refractivity (Wildman–Crippen MR) is 92.6 cm³/mol. The van der Waals surface area contributed by atoms with E-state index >= 15 is 0 Å². The zero-order valence-electron chi connectivity index (χ0n) is 12.8. The van der Waals surface area contributed by atoms with Gasteiger partial charge in [0.25, 0.3) is 5.56 Å². The van der Waals surface area contributed by atoms with Crippen molar-refractivity contribution in [2.45, 2.75) is 19.4 Å². The van der Waals surface area contributed by atoms with Gasteiger partial charge in [0.15, 0.2) is 0 Å². The lowest BCUT2D eigenvalue weighted by Gasteiger charge is -2.17. The average Bonchev–Trinajstić information content (AvgIpc) is 2.73. The number of amides is 1. The van der Waals surface area contributed by atoms with Crippen LogP contribution in [0.3, 0.4) is 0 Å². The summed E-state index contributed by atoms with van der Waals surface area (Å²) in [4.78, 5) is 25.8. The molecular formula is C16H17IN2O4. The van der Waals surface area contributed by atoms with Gasteiger partial charge in [0.1, 0.15) is 5.76 Å². The lowest BCUT2D eigenvalue weighted by Crippen LogP contribution is -2.33. The first kappa shape index (κ1) is 16.1. The number of aromatic nitrogens is 1. The molecule has 7 heteroatoms. The fourth-order valence-electron chi connectivity index (χ4n) is 2.73. The van der Waals surface area contributed by atoms with Crippen molar-refractivity contribution in [3.05, 3.63) is 55.1 Å². The molecule has 2 heterocycles. The Hall–Kier alpha value is -1.77. The molecular weight excluding hydrogens is 411 g/mol. The number of benzene rings is 1. The largest absolute Gasteiger partial charge is 0.453 e. The molecule has 1 aromatic heterocycles. The molecule has 0 N–H and O–H groups in total. The van der Waals surface area contributed by atoms with Crippen LogP contribution in [0.4, 0.5) is 4.79 Å². The SMILES string of the molecule is COC(=O)N1CCc2on(Cc3ccccc3I)c(=O)c2CC1. The number of rotatable bonds is 2. The van der Waals surface area contributed by atoms with E-state index in [1.807, 2.05) is 24.3 Å². The molecule has 0 bridgehead atoms. The minimum absolute atomic E-state index is 0.105. The highest BCUT2D eigenvalue weighted by Crippen LogP contribution is 2.17. The van der Waals surface area contributed by atoms with E-state index in [1.165, 1.54) is 11.8 Å². The van der Waals surface area contributed by atoms with E-state index in [-0.39, 0.29) is 11.7 Å². The third kappa shape index (κ3) is 3.29. The molecule has 1 aliphatic rings. The van der Waals surface area contributed by atoms with Crippen LogP contribution in [0, 0.1) is 3.57 Å².